The number of rotatable bonds is 4. The van der Waals surface area contributed by atoms with Gasteiger partial charge in [-0.25, -0.2) is 14.4 Å². The van der Waals surface area contributed by atoms with Crippen LogP contribution in [0.4, 0.5) is 15.9 Å². The van der Waals surface area contributed by atoms with E-state index < -0.39 is 0 Å². The number of fused-ring (bicyclic) bond motifs is 1. The molecule has 4 nitrogen and oxygen atoms in total. The lowest BCUT2D eigenvalue weighted by atomic mass is 10.1. The van der Waals surface area contributed by atoms with Crippen molar-refractivity contribution in [1.82, 2.24) is 9.97 Å². The number of anilines is 2. The second-order valence-corrected chi connectivity index (χ2v) is 7.12. The zero-order valence-electron chi connectivity index (χ0n) is 13.3. The van der Waals surface area contributed by atoms with E-state index in [0.29, 0.717) is 5.82 Å². The topological polar surface area (TPSA) is 61.6 Å². The summed E-state index contributed by atoms with van der Waals surface area (Å²) in [7, 11) is 0. The summed E-state index contributed by atoms with van der Waals surface area (Å²) in [5, 5.41) is 17.0. The number of halogens is 1. The van der Waals surface area contributed by atoms with Crippen molar-refractivity contribution >= 4 is 44.8 Å². The standard InChI is InChI=1S/C19H11FN4S2/c20-13-3-1-12(2-4-13)16-9-25-19-17(16)18(22-11-23-19)24-14-5-7-15(8-6-14)26-10-21/h1-9,11H,(H,22,23,24). The number of aromatic nitrogens is 2. The van der Waals surface area contributed by atoms with Crippen LogP contribution in [0.5, 0.6) is 0 Å². The largest absolute Gasteiger partial charge is 0.340 e. The number of nitriles is 1. The van der Waals surface area contributed by atoms with Gasteiger partial charge in [0.1, 0.15) is 28.2 Å². The third-order valence-corrected chi connectivity index (χ3v) is 5.29. The smallest absolute Gasteiger partial charge is 0.143 e. The third kappa shape index (κ3) is 3.25. The Kier molecular flexibility index (Phi) is 4.52. The van der Waals surface area contributed by atoms with Crippen molar-refractivity contribution in [3.8, 4) is 16.5 Å². The summed E-state index contributed by atoms with van der Waals surface area (Å²) in [6, 6.07) is 14.0. The molecule has 4 rings (SSSR count). The van der Waals surface area contributed by atoms with Gasteiger partial charge in [-0.05, 0) is 53.7 Å². The Balaban J connectivity index is 1.74. The van der Waals surface area contributed by atoms with Gasteiger partial charge >= 0.3 is 0 Å². The first-order valence-corrected chi connectivity index (χ1v) is 9.35. The molecule has 0 fully saturated rings. The van der Waals surface area contributed by atoms with E-state index in [1.54, 1.807) is 12.1 Å². The highest BCUT2D eigenvalue weighted by Gasteiger charge is 2.13. The number of benzene rings is 2. The van der Waals surface area contributed by atoms with Crippen LogP contribution in [-0.2, 0) is 0 Å². The summed E-state index contributed by atoms with van der Waals surface area (Å²) in [6.45, 7) is 0. The lowest BCUT2D eigenvalue weighted by Crippen LogP contribution is -1.95. The molecule has 26 heavy (non-hydrogen) atoms. The molecule has 0 bridgehead atoms. The van der Waals surface area contributed by atoms with Crippen LogP contribution < -0.4 is 5.32 Å². The maximum Gasteiger partial charge on any atom is 0.143 e. The molecule has 2 heterocycles. The predicted molar refractivity (Wildman–Crippen MR) is 104 cm³/mol. The van der Waals surface area contributed by atoms with Crippen LogP contribution in [0.15, 0.2) is 65.1 Å². The quantitative estimate of drug-likeness (QED) is 0.358. The highest BCUT2D eigenvalue weighted by atomic mass is 32.2. The molecule has 7 heteroatoms. The normalized spacial score (nSPS) is 10.6. The number of thiocyanates is 1. The molecule has 4 aromatic rings. The molecular formula is C19H11FN4S2. The first kappa shape index (κ1) is 16.5. The van der Waals surface area contributed by atoms with E-state index in [4.69, 9.17) is 5.26 Å². The minimum absolute atomic E-state index is 0.266. The van der Waals surface area contributed by atoms with Gasteiger partial charge in [0.15, 0.2) is 0 Å². The van der Waals surface area contributed by atoms with Crippen LogP contribution in [0.2, 0.25) is 0 Å². The Morgan fingerprint density at radius 1 is 1.04 bits per heavy atom. The molecule has 0 unspecified atom stereocenters. The highest BCUT2D eigenvalue weighted by molar-refractivity contribution is 8.03. The molecule has 0 saturated heterocycles. The van der Waals surface area contributed by atoms with Gasteiger partial charge in [0, 0.05) is 21.5 Å². The monoisotopic (exact) mass is 378 g/mol. The fourth-order valence-corrected chi connectivity index (χ4v) is 3.90. The van der Waals surface area contributed by atoms with Crippen molar-refractivity contribution in [3.63, 3.8) is 0 Å². The minimum atomic E-state index is -0.266. The van der Waals surface area contributed by atoms with E-state index in [9.17, 15) is 4.39 Å². The van der Waals surface area contributed by atoms with Crippen molar-refractivity contribution in [2.24, 2.45) is 0 Å². The van der Waals surface area contributed by atoms with E-state index in [0.717, 1.165) is 43.7 Å². The molecule has 2 aromatic carbocycles. The minimum Gasteiger partial charge on any atom is -0.340 e. The van der Waals surface area contributed by atoms with Gasteiger partial charge in [0.25, 0.3) is 0 Å². The molecule has 126 valence electrons. The molecule has 0 aliphatic carbocycles. The summed E-state index contributed by atoms with van der Waals surface area (Å²) >= 11 is 2.64. The molecule has 1 N–H and O–H groups in total. The van der Waals surface area contributed by atoms with E-state index >= 15 is 0 Å². The van der Waals surface area contributed by atoms with Gasteiger partial charge in [0.05, 0.1) is 5.39 Å². The fourth-order valence-electron chi connectivity index (χ4n) is 2.61. The van der Waals surface area contributed by atoms with Gasteiger partial charge < -0.3 is 5.32 Å². The van der Waals surface area contributed by atoms with Gasteiger partial charge in [-0.2, -0.15) is 5.26 Å². The predicted octanol–water partition coefficient (Wildman–Crippen LogP) is 5.81. The molecule has 0 radical (unpaired) electrons. The number of hydrogen-bond donors (Lipinski definition) is 1. The average molecular weight is 378 g/mol. The Morgan fingerprint density at radius 2 is 1.81 bits per heavy atom. The Bertz CT molecular complexity index is 1100. The zero-order chi connectivity index (χ0) is 17.9. The van der Waals surface area contributed by atoms with Gasteiger partial charge in [-0.3, -0.25) is 0 Å². The highest BCUT2D eigenvalue weighted by Crippen LogP contribution is 2.37. The summed E-state index contributed by atoms with van der Waals surface area (Å²) in [5.74, 6) is 0.425. The molecule has 0 aliphatic heterocycles. The van der Waals surface area contributed by atoms with Crippen molar-refractivity contribution in [2.45, 2.75) is 4.90 Å². The van der Waals surface area contributed by atoms with E-state index in [-0.39, 0.29) is 5.82 Å². The van der Waals surface area contributed by atoms with Gasteiger partial charge in [-0.15, -0.1) is 11.3 Å². The molecular weight excluding hydrogens is 367 g/mol. The van der Waals surface area contributed by atoms with Crippen LogP contribution in [0.3, 0.4) is 0 Å². The van der Waals surface area contributed by atoms with Crippen LogP contribution in [0.1, 0.15) is 0 Å². The van der Waals surface area contributed by atoms with Gasteiger partial charge in [0.2, 0.25) is 0 Å². The molecule has 0 atom stereocenters. The Labute approximate surface area is 157 Å². The lowest BCUT2D eigenvalue weighted by molar-refractivity contribution is 0.628. The van der Waals surface area contributed by atoms with E-state index in [1.807, 2.05) is 29.6 Å². The molecule has 0 saturated carbocycles. The van der Waals surface area contributed by atoms with Crippen molar-refractivity contribution in [3.05, 3.63) is 66.1 Å². The van der Waals surface area contributed by atoms with Crippen LogP contribution >= 0.6 is 23.1 Å². The summed E-state index contributed by atoms with van der Waals surface area (Å²) in [4.78, 5) is 10.5. The first-order chi connectivity index (χ1) is 12.7. The SMILES string of the molecule is N#CSc1ccc(Nc2ncnc3scc(-c4ccc(F)cc4)c23)cc1. The number of hydrogen-bond acceptors (Lipinski definition) is 6. The number of thioether (sulfide) groups is 1. The van der Waals surface area contributed by atoms with Crippen LogP contribution in [0.25, 0.3) is 21.3 Å². The third-order valence-electron chi connectivity index (χ3n) is 3.81. The Morgan fingerprint density at radius 3 is 2.54 bits per heavy atom. The van der Waals surface area contributed by atoms with Crippen LogP contribution in [0, 0.1) is 16.5 Å². The molecule has 0 amide bonds. The molecule has 0 aliphatic rings. The average Bonchev–Trinajstić information content (AvgIpc) is 3.09. The summed E-state index contributed by atoms with van der Waals surface area (Å²) in [5.41, 5.74) is 2.74. The van der Waals surface area contributed by atoms with Crippen molar-refractivity contribution < 1.29 is 4.39 Å². The van der Waals surface area contributed by atoms with Crippen molar-refractivity contribution in [1.29, 1.82) is 5.26 Å². The number of nitrogens with one attached hydrogen (secondary N) is 1. The van der Waals surface area contributed by atoms with E-state index in [2.05, 4.69) is 20.7 Å². The molecule has 0 spiro atoms. The number of nitrogens with zero attached hydrogens (tertiary/aromatic N) is 3. The maximum atomic E-state index is 13.2. The maximum absolute atomic E-state index is 13.2. The zero-order valence-corrected chi connectivity index (χ0v) is 14.9. The summed E-state index contributed by atoms with van der Waals surface area (Å²) in [6.07, 6.45) is 1.52. The van der Waals surface area contributed by atoms with Crippen molar-refractivity contribution in [2.75, 3.05) is 5.32 Å². The first-order valence-electron chi connectivity index (χ1n) is 7.66. The molecule has 2 aromatic heterocycles. The summed E-state index contributed by atoms with van der Waals surface area (Å²) < 4.78 is 13.2. The second kappa shape index (κ2) is 7.12. The van der Waals surface area contributed by atoms with E-state index in [1.165, 1.54) is 29.8 Å². The Hall–Kier alpha value is -2.95. The fraction of sp³-hybridized carbons (Fsp3) is 0. The van der Waals surface area contributed by atoms with Gasteiger partial charge in [-0.1, -0.05) is 12.1 Å². The van der Waals surface area contributed by atoms with Crippen LogP contribution in [-0.4, -0.2) is 9.97 Å². The number of thiophene rings is 1. The lowest BCUT2D eigenvalue weighted by Gasteiger charge is -2.09. The second-order valence-electron chi connectivity index (χ2n) is 5.40.